The molecule has 2 aromatic rings. The first-order valence-corrected chi connectivity index (χ1v) is 7.31. The summed E-state index contributed by atoms with van der Waals surface area (Å²) in [6.07, 6.45) is 5.62. The van der Waals surface area contributed by atoms with Crippen LogP contribution in [0.2, 0.25) is 0 Å². The predicted octanol–water partition coefficient (Wildman–Crippen LogP) is 1.47. The topological polar surface area (TPSA) is 81.1 Å². The minimum Gasteiger partial charge on any atom is -0.370 e. The van der Waals surface area contributed by atoms with Crippen LogP contribution in [0.3, 0.4) is 0 Å². The zero-order chi connectivity index (χ0) is 14.5. The number of aliphatic imine (C=N–C) groups is 1. The average Bonchev–Trinajstić information content (AvgIpc) is 2.93. The highest BCUT2D eigenvalue weighted by molar-refractivity contribution is 5.77. The van der Waals surface area contributed by atoms with E-state index in [4.69, 9.17) is 5.73 Å². The van der Waals surface area contributed by atoms with E-state index in [2.05, 4.69) is 20.5 Å². The molecule has 6 heteroatoms. The van der Waals surface area contributed by atoms with Crippen molar-refractivity contribution in [3.05, 3.63) is 42.5 Å². The molecule has 0 radical (unpaired) electrons. The van der Waals surface area contributed by atoms with Gasteiger partial charge in [0, 0.05) is 12.2 Å². The number of nitrogens with zero attached hydrogens (tertiary/aromatic N) is 4. The second-order valence-electron chi connectivity index (χ2n) is 5.33. The number of rotatable bonds is 5. The summed E-state index contributed by atoms with van der Waals surface area (Å²) in [4.78, 5) is 4.34. The van der Waals surface area contributed by atoms with Crippen LogP contribution in [0.25, 0.3) is 5.69 Å². The summed E-state index contributed by atoms with van der Waals surface area (Å²) in [5.74, 6) is 2.01. The molecule has 1 heterocycles. The molecule has 21 heavy (non-hydrogen) atoms. The first-order chi connectivity index (χ1) is 10.3. The molecule has 0 bridgehead atoms. The molecule has 1 aliphatic rings. The predicted molar refractivity (Wildman–Crippen MR) is 82.0 cm³/mol. The molecule has 0 saturated heterocycles. The largest absolute Gasteiger partial charge is 0.370 e. The third-order valence-electron chi connectivity index (χ3n) is 3.84. The molecule has 1 fully saturated rings. The molecule has 0 atom stereocenters. The van der Waals surface area contributed by atoms with E-state index in [1.54, 1.807) is 6.33 Å². The maximum absolute atomic E-state index is 5.89. The highest BCUT2D eigenvalue weighted by Crippen LogP contribution is 2.24. The molecular formula is C15H20N6. The quantitative estimate of drug-likeness (QED) is 0.643. The van der Waals surface area contributed by atoms with Crippen LogP contribution < -0.4 is 11.1 Å². The Morgan fingerprint density at radius 1 is 1.33 bits per heavy atom. The Hall–Kier alpha value is -2.37. The van der Waals surface area contributed by atoms with E-state index in [1.807, 2.05) is 34.9 Å². The van der Waals surface area contributed by atoms with Crippen molar-refractivity contribution in [3.8, 4) is 5.69 Å². The lowest BCUT2D eigenvalue weighted by atomic mass is 9.85. The van der Waals surface area contributed by atoms with Crippen molar-refractivity contribution in [3.63, 3.8) is 0 Å². The molecule has 0 spiro atoms. The number of nitrogens with one attached hydrogen (secondary N) is 1. The zero-order valence-corrected chi connectivity index (χ0v) is 11.9. The first-order valence-electron chi connectivity index (χ1n) is 7.31. The molecule has 110 valence electrons. The maximum Gasteiger partial charge on any atom is 0.189 e. The van der Waals surface area contributed by atoms with E-state index in [-0.39, 0.29) is 0 Å². The van der Waals surface area contributed by atoms with Gasteiger partial charge in [-0.1, -0.05) is 24.6 Å². The molecule has 6 nitrogen and oxygen atoms in total. The highest BCUT2D eigenvalue weighted by Gasteiger charge is 2.16. The Morgan fingerprint density at radius 2 is 2.14 bits per heavy atom. The Morgan fingerprint density at radius 3 is 2.86 bits per heavy atom. The number of nitrogens with two attached hydrogens (primary N) is 1. The SMILES string of the molecule is NC(=NCc1nncn1-c1ccccc1)NCC1CCC1. The fourth-order valence-electron chi connectivity index (χ4n) is 2.33. The van der Waals surface area contributed by atoms with Crippen LogP contribution in [-0.2, 0) is 6.54 Å². The van der Waals surface area contributed by atoms with Crippen LogP contribution >= 0.6 is 0 Å². The van der Waals surface area contributed by atoms with Crippen molar-refractivity contribution in [2.75, 3.05) is 6.54 Å². The monoisotopic (exact) mass is 284 g/mol. The molecule has 3 N–H and O–H groups in total. The summed E-state index contributed by atoms with van der Waals surface area (Å²) in [7, 11) is 0. The van der Waals surface area contributed by atoms with E-state index in [1.165, 1.54) is 19.3 Å². The van der Waals surface area contributed by atoms with Crippen molar-refractivity contribution in [2.45, 2.75) is 25.8 Å². The summed E-state index contributed by atoms with van der Waals surface area (Å²) in [5, 5.41) is 11.2. The van der Waals surface area contributed by atoms with Gasteiger partial charge in [0.1, 0.15) is 12.9 Å². The van der Waals surface area contributed by atoms with Gasteiger partial charge in [-0.3, -0.25) is 4.57 Å². The van der Waals surface area contributed by atoms with Crippen molar-refractivity contribution < 1.29 is 0 Å². The Labute approximate surface area is 124 Å². The van der Waals surface area contributed by atoms with Crippen LogP contribution in [0.1, 0.15) is 25.1 Å². The summed E-state index contributed by atoms with van der Waals surface area (Å²) in [6.45, 7) is 1.33. The van der Waals surface area contributed by atoms with E-state index < -0.39 is 0 Å². The fraction of sp³-hybridized carbons (Fsp3) is 0.400. The highest BCUT2D eigenvalue weighted by atomic mass is 15.3. The molecular weight excluding hydrogens is 264 g/mol. The lowest BCUT2D eigenvalue weighted by Gasteiger charge is -2.25. The van der Waals surface area contributed by atoms with Crippen LogP contribution in [0.15, 0.2) is 41.7 Å². The zero-order valence-electron chi connectivity index (χ0n) is 11.9. The van der Waals surface area contributed by atoms with Gasteiger partial charge in [0.25, 0.3) is 0 Å². The Balaban J connectivity index is 1.61. The summed E-state index contributed by atoms with van der Waals surface area (Å²) in [6, 6.07) is 9.96. The van der Waals surface area contributed by atoms with Crippen molar-refractivity contribution in [2.24, 2.45) is 16.6 Å². The van der Waals surface area contributed by atoms with E-state index in [0.29, 0.717) is 12.5 Å². The number of guanidine groups is 1. The van der Waals surface area contributed by atoms with E-state index >= 15 is 0 Å². The van der Waals surface area contributed by atoms with Gasteiger partial charge >= 0.3 is 0 Å². The van der Waals surface area contributed by atoms with Crippen LogP contribution in [-0.4, -0.2) is 27.3 Å². The second-order valence-corrected chi connectivity index (χ2v) is 5.33. The summed E-state index contributed by atoms with van der Waals surface area (Å²) >= 11 is 0. The van der Waals surface area contributed by atoms with Crippen LogP contribution in [0.4, 0.5) is 0 Å². The number of para-hydroxylation sites is 1. The number of hydrogen-bond acceptors (Lipinski definition) is 3. The van der Waals surface area contributed by atoms with Gasteiger partial charge in [0.05, 0.1) is 0 Å². The minimum atomic E-state index is 0.415. The molecule has 0 amide bonds. The molecule has 1 aromatic heterocycles. The second kappa shape index (κ2) is 6.39. The standard InChI is InChI=1S/C15H20N6/c16-15(17-9-12-5-4-6-12)18-10-14-20-19-11-21(14)13-7-2-1-3-8-13/h1-3,7-8,11-12H,4-6,9-10H2,(H3,16,17,18). The fourth-order valence-corrected chi connectivity index (χ4v) is 2.33. The van der Waals surface area contributed by atoms with Gasteiger partial charge in [0.2, 0.25) is 0 Å². The molecule has 1 saturated carbocycles. The molecule has 0 aliphatic heterocycles. The maximum atomic E-state index is 5.89. The lowest BCUT2D eigenvalue weighted by molar-refractivity contribution is 0.315. The van der Waals surface area contributed by atoms with Gasteiger partial charge in [-0.2, -0.15) is 0 Å². The van der Waals surface area contributed by atoms with Crippen molar-refractivity contribution in [1.82, 2.24) is 20.1 Å². The lowest BCUT2D eigenvalue weighted by Crippen LogP contribution is -2.37. The van der Waals surface area contributed by atoms with E-state index in [9.17, 15) is 0 Å². The van der Waals surface area contributed by atoms with Gasteiger partial charge < -0.3 is 11.1 Å². The van der Waals surface area contributed by atoms with Crippen molar-refractivity contribution >= 4 is 5.96 Å². The third kappa shape index (κ3) is 3.39. The average molecular weight is 284 g/mol. The molecule has 0 unspecified atom stereocenters. The van der Waals surface area contributed by atoms with Crippen molar-refractivity contribution in [1.29, 1.82) is 0 Å². The normalized spacial score (nSPS) is 15.7. The van der Waals surface area contributed by atoms with E-state index in [0.717, 1.165) is 24.0 Å². The first kappa shape index (κ1) is 13.6. The van der Waals surface area contributed by atoms with Gasteiger partial charge in [-0.25, -0.2) is 4.99 Å². The molecule has 1 aromatic carbocycles. The molecule has 1 aliphatic carbocycles. The third-order valence-corrected chi connectivity index (χ3v) is 3.84. The van der Waals surface area contributed by atoms with Crippen LogP contribution in [0.5, 0.6) is 0 Å². The van der Waals surface area contributed by atoms with Crippen LogP contribution in [0, 0.1) is 5.92 Å². The number of hydrogen-bond donors (Lipinski definition) is 2. The smallest absolute Gasteiger partial charge is 0.189 e. The van der Waals surface area contributed by atoms with Gasteiger partial charge in [-0.15, -0.1) is 10.2 Å². The summed E-state index contributed by atoms with van der Waals surface area (Å²) in [5.41, 5.74) is 6.91. The number of benzene rings is 1. The summed E-state index contributed by atoms with van der Waals surface area (Å²) < 4.78 is 1.92. The minimum absolute atomic E-state index is 0.415. The molecule has 3 rings (SSSR count). The Bertz CT molecular complexity index is 600. The number of aromatic nitrogens is 3. The Kier molecular flexibility index (Phi) is 4.14. The van der Waals surface area contributed by atoms with Gasteiger partial charge in [-0.05, 0) is 30.9 Å². The van der Waals surface area contributed by atoms with Gasteiger partial charge in [0.15, 0.2) is 11.8 Å².